The zero-order chi connectivity index (χ0) is 15.5. The highest BCUT2D eigenvalue weighted by Gasteiger charge is 2.21. The molecule has 0 aliphatic rings. The summed E-state index contributed by atoms with van der Waals surface area (Å²) in [6, 6.07) is 4.62. The molecule has 0 radical (unpaired) electrons. The van der Waals surface area contributed by atoms with Crippen LogP contribution in [0.5, 0.6) is 0 Å². The van der Waals surface area contributed by atoms with Gasteiger partial charge in [0.15, 0.2) is 0 Å². The van der Waals surface area contributed by atoms with Gasteiger partial charge < -0.3 is 4.90 Å². The molecule has 0 saturated heterocycles. The van der Waals surface area contributed by atoms with E-state index >= 15 is 0 Å². The fraction of sp³-hybridized carbons (Fsp3) is 0.462. The normalized spacial score (nSPS) is 13.1. The summed E-state index contributed by atoms with van der Waals surface area (Å²) >= 11 is 12.0. The predicted molar refractivity (Wildman–Crippen MR) is 82.1 cm³/mol. The van der Waals surface area contributed by atoms with Crippen LogP contribution in [0.3, 0.4) is 0 Å². The molecule has 1 rings (SSSR count). The van der Waals surface area contributed by atoms with Gasteiger partial charge in [-0.1, -0.05) is 29.3 Å². The number of halogens is 2. The van der Waals surface area contributed by atoms with Crippen LogP contribution in [0.25, 0.3) is 0 Å². The van der Waals surface area contributed by atoms with Crippen LogP contribution >= 0.6 is 23.2 Å². The van der Waals surface area contributed by atoms with Crippen molar-refractivity contribution in [1.29, 1.82) is 0 Å². The van der Waals surface area contributed by atoms with E-state index in [1.807, 2.05) is 0 Å². The number of nitrogens with zero attached hydrogens (tertiary/aromatic N) is 1. The van der Waals surface area contributed by atoms with Gasteiger partial charge in [0.05, 0.1) is 12.2 Å². The largest absolute Gasteiger partial charge is 0.342 e. The molecule has 0 aromatic heterocycles. The zero-order valence-corrected chi connectivity index (χ0v) is 13.9. The second kappa shape index (κ2) is 6.78. The van der Waals surface area contributed by atoms with Crippen molar-refractivity contribution in [2.24, 2.45) is 0 Å². The zero-order valence-electron chi connectivity index (χ0n) is 11.6. The van der Waals surface area contributed by atoms with Gasteiger partial charge in [-0.2, -0.15) is 0 Å². The smallest absolute Gasteiger partial charge is 0.227 e. The van der Waals surface area contributed by atoms with Gasteiger partial charge in [-0.05, 0) is 24.6 Å². The highest BCUT2D eigenvalue weighted by atomic mass is 35.5. The summed E-state index contributed by atoms with van der Waals surface area (Å²) in [5.41, 5.74) is 0.555. The van der Waals surface area contributed by atoms with E-state index in [1.54, 1.807) is 32.2 Å². The Hall–Kier alpha value is -0.780. The number of benzene rings is 1. The molecule has 1 aromatic rings. The third-order valence-corrected chi connectivity index (χ3v) is 4.78. The van der Waals surface area contributed by atoms with Gasteiger partial charge in [0.2, 0.25) is 5.91 Å². The number of sulfone groups is 1. The van der Waals surface area contributed by atoms with Gasteiger partial charge in [-0.25, -0.2) is 8.42 Å². The Labute approximate surface area is 129 Å². The Bertz CT molecular complexity index is 581. The summed E-state index contributed by atoms with van der Waals surface area (Å²) in [7, 11) is -1.56. The monoisotopic (exact) mass is 337 g/mol. The second-order valence-electron chi connectivity index (χ2n) is 4.82. The summed E-state index contributed by atoms with van der Waals surface area (Å²) in [6.07, 6.45) is 1.19. The number of rotatable bonds is 5. The lowest BCUT2D eigenvalue weighted by Crippen LogP contribution is -2.40. The Morgan fingerprint density at radius 2 is 1.80 bits per heavy atom. The lowest BCUT2D eigenvalue weighted by molar-refractivity contribution is -0.130. The van der Waals surface area contributed by atoms with E-state index in [1.165, 1.54) is 4.90 Å². The number of carbonyl (C=O) groups excluding carboxylic acids is 1. The lowest BCUT2D eigenvalue weighted by atomic mass is 10.1. The molecule has 1 amide bonds. The summed E-state index contributed by atoms with van der Waals surface area (Å²) in [5, 5.41) is 0.852. The molecule has 0 aliphatic heterocycles. The van der Waals surface area contributed by atoms with Crippen molar-refractivity contribution in [1.82, 2.24) is 4.90 Å². The molecule has 0 saturated carbocycles. The van der Waals surface area contributed by atoms with Crippen LogP contribution in [-0.2, 0) is 21.1 Å². The molecular weight excluding hydrogens is 321 g/mol. The molecule has 20 heavy (non-hydrogen) atoms. The van der Waals surface area contributed by atoms with Gasteiger partial charge in [0.1, 0.15) is 9.84 Å². The van der Waals surface area contributed by atoms with Crippen LogP contribution in [0.2, 0.25) is 10.0 Å². The molecule has 4 nitrogen and oxygen atoms in total. The number of likely N-dealkylation sites (N-methyl/N-ethyl adjacent to an activating group) is 1. The quantitative estimate of drug-likeness (QED) is 0.829. The van der Waals surface area contributed by atoms with Crippen molar-refractivity contribution < 1.29 is 13.2 Å². The van der Waals surface area contributed by atoms with E-state index < -0.39 is 15.9 Å². The lowest BCUT2D eigenvalue weighted by Gasteiger charge is -2.24. The van der Waals surface area contributed by atoms with Crippen molar-refractivity contribution >= 4 is 38.9 Å². The Kier molecular flexibility index (Phi) is 5.86. The van der Waals surface area contributed by atoms with Gasteiger partial charge >= 0.3 is 0 Å². The molecule has 1 unspecified atom stereocenters. The number of hydrogen-bond acceptors (Lipinski definition) is 3. The fourth-order valence-electron chi connectivity index (χ4n) is 1.77. The van der Waals surface area contributed by atoms with E-state index in [2.05, 4.69) is 0 Å². The first-order valence-corrected chi connectivity index (χ1v) is 8.79. The maximum Gasteiger partial charge on any atom is 0.227 e. The SMILES string of the molecule is CC(CS(C)(=O)=O)N(C)C(=O)Cc1c(Cl)cccc1Cl. The second-order valence-corrected chi connectivity index (χ2v) is 7.82. The van der Waals surface area contributed by atoms with Gasteiger partial charge in [0, 0.05) is 29.4 Å². The highest BCUT2D eigenvalue weighted by molar-refractivity contribution is 7.90. The van der Waals surface area contributed by atoms with E-state index in [0.29, 0.717) is 15.6 Å². The molecular formula is C13H17Cl2NO3S. The molecule has 7 heteroatoms. The molecule has 112 valence electrons. The third-order valence-electron chi connectivity index (χ3n) is 2.99. The van der Waals surface area contributed by atoms with Gasteiger partial charge in [0.25, 0.3) is 0 Å². The van der Waals surface area contributed by atoms with Gasteiger partial charge in [-0.3, -0.25) is 4.79 Å². The van der Waals surface area contributed by atoms with E-state index in [9.17, 15) is 13.2 Å². The minimum Gasteiger partial charge on any atom is -0.342 e. The first-order chi connectivity index (χ1) is 9.11. The summed E-state index contributed by atoms with van der Waals surface area (Å²) in [4.78, 5) is 13.6. The Balaban J connectivity index is 2.81. The number of amides is 1. The van der Waals surface area contributed by atoms with Gasteiger partial charge in [-0.15, -0.1) is 0 Å². The minimum absolute atomic E-state index is 0.0448. The van der Waals surface area contributed by atoms with Crippen LogP contribution in [0.15, 0.2) is 18.2 Å². The maximum absolute atomic E-state index is 12.2. The van der Waals surface area contributed by atoms with E-state index in [0.717, 1.165) is 6.26 Å². The maximum atomic E-state index is 12.2. The molecule has 0 bridgehead atoms. The van der Waals surface area contributed by atoms with E-state index in [4.69, 9.17) is 23.2 Å². The molecule has 0 spiro atoms. The average Bonchev–Trinajstić information content (AvgIpc) is 2.30. The van der Waals surface area contributed by atoms with Crippen LogP contribution in [0.4, 0.5) is 0 Å². The Morgan fingerprint density at radius 3 is 2.25 bits per heavy atom. The Morgan fingerprint density at radius 1 is 1.30 bits per heavy atom. The molecule has 0 fully saturated rings. The minimum atomic E-state index is -3.14. The van der Waals surface area contributed by atoms with Crippen molar-refractivity contribution in [3.8, 4) is 0 Å². The first kappa shape index (κ1) is 17.3. The van der Waals surface area contributed by atoms with Crippen molar-refractivity contribution in [3.63, 3.8) is 0 Å². The highest BCUT2D eigenvalue weighted by Crippen LogP contribution is 2.25. The van der Waals surface area contributed by atoms with Crippen LogP contribution < -0.4 is 0 Å². The topological polar surface area (TPSA) is 54.5 Å². The molecule has 1 aromatic carbocycles. The number of hydrogen-bond donors (Lipinski definition) is 0. The predicted octanol–water partition coefficient (Wildman–Crippen LogP) is 2.43. The standard InChI is InChI=1S/C13H17Cl2NO3S/c1-9(8-20(3,18)19)16(2)13(17)7-10-11(14)5-4-6-12(10)15/h4-6,9H,7-8H2,1-3H3. The van der Waals surface area contributed by atoms with Crippen molar-refractivity contribution in [2.75, 3.05) is 19.1 Å². The number of carbonyl (C=O) groups is 1. The molecule has 1 atom stereocenters. The molecule has 0 aliphatic carbocycles. The van der Waals surface area contributed by atoms with Crippen LogP contribution in [0.1, 0.15) is 12.5 Å². The van der Waals surface area contributed by atoms with Crippen LogP contribution in [-0.4, -0.2) is 44.3 Å². The van der Waals surface area contributed by atoms with Crippen molar-refractivity contribution in [3.05, 3.63) is 33.8 Å². The fourth-order valence-corrected chi connectivity index (χ4v) is 3.40. The molecule has 0 heterocycles. The summed E-state index contributed by atoms with van der Waals surface area (Å²) in [5.74, 6) is -0.304. The van der Waals surface area contributed by atoms with Crippen molar-refractivity contribution in [2.45, 2.75) is 19.4 Å². The first-order valence-electron chi connectivity index (χ1n) is 5.98. The molecule has 0 N–H and O–H groups in total. The third kappa shape index (κ3) is 4.96. The van der Waals surface area contributed by atoms with E-state index in [-0.39, 0.29) is 18.1 Å². The summed E-state index contributed by atoms with van der Waals surface area (Å²) < 4.78 is 22.5. The average molecular weight is 338 g/mol. The van der Waals surface area contributed by atoms with Crippen LogP contribution in [0, 0.1) is 0 Å². The summed E-state index contributed by atoms with van der Waals surface area (Å²) in [6.45, 7) is 1.69.